The van der Waals surface area contributed by atoms with Gasteiger partial charge < -0.3 is 5.21 Å². The van der Waals surface area contributed by atoms with Crippen LogP contribution in [-0.2, 0) is 0 Å². The van der Waals surface area contributed by atoms with Crippen molar-refractivity contribution in [2.24, 2.45) is 0 Å². The first kappa shape index (κ1) is 3.20. The van der Waals surface area contributed by atoms with Crippen molar-refractivity contribution < 1.29 is 10.3 Å². The van der Waals surface area contributed by atoms with E-state index in [-0.39, 0.29) is 0 Å². The fraction of sp³-hybridized carbons (Fsp3) is 0. The summed E-state index contributed by atoms with van der Waals surface area (Å²) in [7, 11) is 0. The molecule has 0 atom stereocenters. The lowest BCUT2D eigenvalue weighted by Crippen LogP contribution is -1.81. The fourth-order valence-electron chi connectivity index (χ4n) is 0. The Hall–Kier alpha value is -0.800. The first-order chi connectivity index (χ1) is 1.73. The van der Waals surface area contributed by atoms with Crippen LogP contribution in [0.15, 0.2) is 0 Å². The molecule has 0 saturated heterocycles. The van der Waals surface area contributed by atoms with Gasteiger partial charge in [0.1, 0.15) is 0 Å². The molecule has 0 radical (unpaired) electrons. The monoisotopic (exact) mass is 70.0 g/mol. The minimum absolute atomic E-state index is 1.50. The molecule has 1 N–H and O–H groups in total. The van der Waals surface area contributed by atoms with Gasteiger partial charge in [0, 0.05) is 0 Å². The second-order valence-corrected chi connectivity index (χ2v) is 0.238. The van der Waals surface area contributed by atoms with Crippen LogP contribution in [0.2, 0.25) is 0 Å². The Balaban J connectivity index is 2.80. The Morgan fingerprint density at radius 2 is 2.00 bits per heavy atom. The van der Waals surface area contributed by atoms with Crippen LogP contribution < -0.4 is 0 Å². The number of hydrogen-bond acceptors (Lipinski definition) is 2. The highest BCUT2D eigenvalue weighted by molar-refractivity contribution is 3.83. The van der Waals surface area contributed by atoms with Gasteiger partial charge in [-0.15, -0.1) is 10.1 Å². The zero-order chi connectivity index (χ0) is 3.58. The van der Waals surface area contributed by atoms with Gasteiger partial charge in [0.15, 0.2) is 0 Å². The van der Waals surface area contributed by atoms with E-state index in [2.05, 4.69) is 0 Å². The molecule has 0 spiro atoms. The number of hydrogen-bond donors (Lipinski definition) is 1. The predicted octanol–water partition coefficient (Wildman–Crippen LogP) is -0.348. The average Bonchev–Trinajstić information content (AvgIpc) is 0.811. The van der Waals surface area contributed by atoms with Gasteiger partial charge >= 0.3 is 0 Å². The Bertz CT molecular complexity index is 26.3. The van der Waals surface area contributed by atoms with Crippen LogP contribution in [0.1, 0.15) is 0 Å². The number of nitrogens with zero attached hydrogens (tertiary/aromatic N) is 1. The molecule has 0 bridgehead atoms. The van der Waals surface area contributed by atoms with Crippen molar-refractivity contribution in [2.75, 3.05) is 0 Å². The highest BCUT2D eigenvalue weighted by atomic mass is 18.7. The van der Waals surface area contributed by atoms with Gasteiger partial charge in [-0.1, -0.05) is 0 Å². The third kappa shape index (κ3) is 0.0750. The Morgan fingerprint density at radius 1 is 2.00 bits per heavy atom. The van der Waals surface area contributed by atoms with Crippen LogP contribution in [-0.4, -0.2) is 10.3 Å². The summed E-state index contributed by atoms with van der Waals surface area (Å²) in [5, 5.41) is 13.6. The van der Waals surface area contributed by atoms with E-state index in [9.17, 15) is 0 Å². The highest BCUT2D eigenvalue weighted by Crippen LogP contribution is 1.38. The summed E-state index contributed by atoms with van der Waals surface area (Å²) in [5.74, 6) is 0. The Kier molecular flexibility index (Phi) is 0.524. The lowest BCUT2D eigenvalue weighted by atomic mass is 14.3. The lowest BCUT2D eigenvalue weighted by Gasteiger charge is -1.56. The Morgan fingerprint density at radius 3 is 2.00 bits per heavy atom. The first-order valence-electron chi connectivity index (χ1n) is 0.565. The quantitative estimate of drug-likeness (QED) is 0.183. The molecule has 4 heteroatoms. The molecule has 24 valence electrons. The molecule has 0 aliphatic heterocycles. The molecule has 0 unspecified atom stereocenters. The maximum absolute atomic E-state index is 8.36. The van der Waals surface area contributed by atoms with Gasteiger partial charge in [-0.25, -0.2) is 0 Å². The van der Waals surface area contributed by atoms with Gasteiger partial charge in [0.05, 0.1) is 0 Å². The second kappa shape index (κ2) is 0.655. The topological polar surface area (TPSA) is 63.4 Å². The lowest BCUT2D eigenvalue weighted by molar-refractivity contribution is -0.742. The summed E-state index contributed by atoms with van der Waals surface area (Å²) in [4.78, 5) is 8.36. The summed E-state index contributed by atoms with van der Waals surface area (Å²) in [6.07, 6.45) is 0. The standard InChI is InChI=1S/HNO3/c2-1(3)4/h(H,2,3,4)/i1+1,2+2,3+2,4+2. The molecule has 0 heterocycles. The van der Waals surface area contributed by atoms with Crippen molar-refractivity contribution in [3.05, 3.63) is 10.1 Å². The van der Waals surface area contributed by atoms with Gasteiger partial charge in [0.25, 0.3) is 5.09 Å². The first-order valence-corrected chi connectivity index (χ1v) is 0.565. The fourth-order valence-corrected chi connectivity index (χ4v) is 0. The third-order valence-electron chi connectivity index (χ3n) is 0. The summed E-state index contributed by atoms with van der Waals surface area (Å²) in [5.41, 5.74) is 0. The highest BCUT2D eigenvalue weighted by Gasteiger charge is 1.65. The molecule has 0 fully saturated rings. The van der Waals surface area contributed by atoms with E-state index in [1.54, 1.807) is 0 Å². The molecular formula is HNO3. The number of rotatable bonds is 0. The van der Waals surface area contributed by atoms with Crippen LogP contribution in [0.3, 0.4) is 0 Å². The van der Waals surface area contributed by atoms with E-state index in [1.165, 1.54) is 0 Å². The average molecular weight is 70.0 g/mol. The van der Waals surface area contributed by atoms with Crippen molar-refractivity contribution in [1.29, 1.82) is 0 Å². The van der Waals surface area contributed by atoms with Gasteiger partial charge in [-0.05, 0) is 0 Å². The van der Waals surface area contributed by atoms with Crippen molar-refractivity contribution in [3.8, 4) is 0 Å². The zero-order valence-corrected chi connectivity index (χ0v) is 1.71. The molecular weight excluding hydrogens is 69.0 g/mol. The predicted molar refractivity (Wildman–Crippen MR) is 8.78 cm³/mol. The van der Waals surface area contributed by atoms with Crippen LogP contribution in [0.5, 0.6) is 0 Å². The van der Waals surface area contributed by atoms with Crippen LogP contribution in [0, 0.1) is 10.1 Å². The summed E-state index contributed by atoms with van der Waals surface area (Å²) in [6.45, 7) is 0. The largest absolute Gasteiger partial charge is 0.328 e. The van der Waals surface area contributed by atoms with E-state index in [0.29, 0.717) is 0 Å². The molecule has 0 aliphatic carbocycles. The van der Waals surface area contributed by atoms with Crippen LogP contribution >= 0.6 is 0 Å². The molecule has 0 aromatic rings. The minimum atomic E-state index is -1.50. The van der Waals surface area contributed by atoms with E-state index >= 15 is 0 Å². The molecule has 0 aromatic heterocycles. The zero-order valence-electron chi connectivity index (χ0n) is 1.71. The maximum Gasteiger partial charge on any atom is 0.291 e. The van der Waals surface area contributed by atoms with E-state index < -0.39 is 5.09 Å². The minimum Gasteiger partial charge on any atom is -0.328 e. The van der Waals surface area contributed by atoms with Crippen LogP contribution in [0.4, 0.5) is 0 Å². The smallest absolute Gasteiger partial charge is 0.291 e. The maximum atomic E-state index is 8.36. The SMILES string of the molecule is [18O]=[15N+]([18O-])[18OH]. The van der Waals surface area contributed by atoms with Crippen molar-refractivity contribution in [2.45, 2.75) is 0 Å². The summed E-state index contributed by atoms with van der Waals surface area (Å²) >= 11 is 0. The van der Waals surface area contributed by atoms with Crippen molar-refractivity contribution >= 4 is 0 Å². The molecule has 0 amide bonds. The van der Waals surface area contributed by atoms with Gasteiger partial charge in [0.2, 0.25) is 0 Å². The Labute approximate surface area is 21.8 Å². The molecule has 0 rings (SSSR count). The molecule has 4 heavy (non-hydrogen) atoms. The molecule has 0 aromatic carbocycles. The third-order valence-corrected chi connectivity index (χ3v) is 0. The summed E-state index contributed by atoms with van der Waals surface area (Å²) in [6, 6.07) is 0. The molecule has 4 nitrogen and oxygen atoms in total. The second-order valence-electron chi connectivity index (χ2n) is 0.238. The van der Waals surface area contributed by atoms with Crippen molar-refractivity contribution in [3.63, 3.8) is 0 Å². The van der Waals surface area contributed by atoms with E-state index in [1.807, 2.05) is 0 Å². The van der Waals surface area contributed by atoms with Gasteiger partial charge in [-0.2, -0.15) is 0 Å². The normalized spacial score (nSPS) is 6.00. The van der Waals surface area contributed by atoms with E-state index in [0.717, 1.165) is 0 Å². The van der Waals surface area contributed by atoms with Gasteiger partial charge in [-0.3, -0.25) is 0 Å². The molecule has 0 aliphatic rings. The van der Waals surface area contributed by atoms with Crippen molar-refractivity contribution in [1.82, 2.24) is 0 Å². The summed E-state index contributed by atoms with van der Waals surface area (Å²) < 4.78 is 0. The van der Waals surface area contributed by atoms with E-state index in [4.69, 9.17) is 15.3 Å². The molecule has 0 saturated carbocycles. The van der Waals surface area contributed by atoms with Crippen LogP contribution in [0.25, 0.3) is 0 Å².